The molecule has 2 fully saturated rings. The zero-order valence-corrected chi connectivity index (χ0v) is 18.3. The summed E-state index contributed by atoms with van der Waals surface area (Å²) in [5.74, 6) is 1.04. The van der Waals surface area contributed by atoms with Crippen LogP contribution < -0.4 is 5.32 Å². The molecule has 1 saturated heterocycles. The van der Waals surface area contributed by atoms with Crippen molar-refractivity contribution < 1.29 is 0 Å². The molecule has 7 heteroatoms. The smallest absolute Gasteiger partial charge is 0.193 e. The molecule has 6 nitrogen and oxygen atoms in total. The largest absolute Gasteiger partial charge is 0.352 e. The second kappa shape index (κ2) is 9.03. The van der Waals surface area contributed by atoms with Crippen LogP contribution in [0.5, 0.6) is 0 Å². The summed E-state index contributed by atoms with van der Waals surface area (Å²) in [4.78, 5) is 11.0. The van der Waals surface area contributed by atoms with Gasteiger partial charge in [0.05, 0.1) is 5.69 Å². The van der Waals surface area contributed by atoms with Crippen LogP contribution in [-0.4, -0.2) is 45.8 Å². The minimum absolute atomic E-state index is 0. The maximum absolute atomic E-state index is 4.53. The molecule has 27 heavy (non-hydrogen) atoms. The zero-order valence-electron chi connectivity index (χ0n) is 16.0. The van der Waals surface area contributed by atoms with E-state index in [1.54, 1.807) is 17.3 Å². The van der Waals surface area contributed by atoms with Crippen molar-refractivity contribution in [2.75, 3.05) is 20.1 Å². The fourth-order valence-electron chi connectivity index (χ4n) is 4.45. The van der Waals surface area contributed by atoms with E-state index in [1.165, 1.54) is 44.1 Å². The van der Waals surface area contributed by atoms with Crippen LogP contribution in [0.3, 0.4) is 0 Å². The number of nitrogens with one attached hydrogen (secondary N) is 1. The second-order valence-corrected chi connectivity index (χ2v) is 7.64. The molecule has 0 atom stereocenters. The van der Waals surface area contributed by atoms with Crippen molar-refractivity contribution >= 4 is 29.9 Å². The first kappa shape index (κ1) is 20.1. The molecule has 1 aromatic carbocycles. The average molecular weight is 480 g/mol. The van der Waals surface area contributed by atoms with E-state index in [2.05, 4.69) is 49.6 Å². The van der Waals surface area contributed by atoms with E-state index < -0.39 is 0 Å². The summed E-state index contributed by atoms with van der Waals surface area (Å²) in [6, 6.07) is 8.40. The van der Waals surface area contributed by atoms with Gasteiger partial charge in [0.15, 0.2) is 5.96 Å². The lowest BCUT2D eigenvalue weighted by atomic mass is 9.73. The number of halogens is 1. The third kappa shape index (κ3) is 4.62. The van der Waals surface area contributed by atoms with Gasteiger partial charge in [0, 0.05) is 26.7 Å². The molecule has 1 aliphatic heterocycles. The number of hydrogen-bond donors (Lipinski definition) is 1. The van der Waals surface area contributed by atoms with Gasteiger partial charge in [-0.15, -0.1) is 24.0 Å². The first-order valence-electron chi connectivity index (χ1n) is 9.68. The fourth-order valence-corrected chi connectivity index (χ4v) is 4.45. The van der Waals surface area contributed by atoms with Gasteiger partial charge in [-0.3, -0.25) is 4.99 Å². The summed E-state index contributed by atoms with van der Waals surface area (Å²) >= 11 is 0. The van der Waals surface area contributed by atoms with Crippen LogP contribution in [-0.2, 0) is 6.54 Å². The first-order valence-corrected chi connectivity index (χ1v) is 9.68. The molecule has 0 bridgehead atoms. The number of rotatable bonds is 3. The van der Waals surface area contributed by atoms with Gasteiger partial charge in [0.2, 0.25) is 0 Å². The molecule has 1 aromatic heterocycles. The van der Waals surface area contributed by atoms with Crippen LogP contribution in [0.2, 0.25) is 0 Å². The highest BCUT2D eigenvalue weighted by Crippen LogP contribution is 2.43. The maximum Gasteiger partial charge on any atom is 0.193 e. The van der Waals surface area contributed by atoms with E-state index in [9.17, 15) is 0 Å². The van der Waals surface area contributed by atoms with Gasteiger partial charge in [-0.25, -0.2) is 9.67 Å². The molecule has 1 N–H and O–H groups in total. The summed E-state index contributed by atoms with van der Waals surface area (Å²) in [6.45, 7) is 3.08. The number of nitrogens with zero attached hydrogens (tertiary/aromatic N) is 5. The molecule has 0 radical (unpaired) electrons. The lowest BCUT2D eigenvalue weighted by molar-refractivity contribution is 0.203. The molecule has 1 aliphatic carbocycles. The molecular formula is C20H29IN6. The van der Waals surface area contributed by atoms with Crippen molar-refractivity contribution in [1.82, 2.24) is 25.0 Å². The average Bonchev–Trinajstić information content (AvgIpc) is 3.35. The molecule has 2 aromatic rings. The Morgan fingerprint density at radius 1 is 1.15 bits per heavy atom. The van der Waals surface area contributed by atoms with E-state index in [-0.39, 0.29) is 24.0 Å². The minimum atomic E-state index is 0. The molecule has 1 spiro atoms. The Labute approximate surface area is 178 Å². The van der Waals surface area contributed by atoms with Crippen molar-refractivity contribution in [3.63, 3.8) is 0 Å². The van der Waals surface area contributed by atoms with E-state index in [4.69, 9.17) is 0 Å². The van der Waals surface area contributed by atoms with E-state index in [0.717, 1.165) is 31.3 Å². The summed E-state index contributed by atoms with van der Waals surface area (Å²) in [6.07, 6.45) is 11.6. The van der Waals surface area contributed by atoms with Crippen molar-refractivity contribution in [2.45, 2.75) is 45.1 Å². The van der Waals surface area contributed by atoms with Crippen LogP contribution in [0.15, 0.2) is 41.9 Å². The molecular weight excluding hydrogens is 451 g/mol. The summed E-state index contributed by atoms with van der Waals surface area (Å²) in [5, 5.41) is 7.71. The number of aromatic nitrogens is 3. The Hall–Kier alpha value is -1.64. The molecule has 4 rings (SSSR count). The van der Waals surface area contributed by atoms with Crippen molar-refractivity contribution in [3.05, 3.63) is 42.5 Å². The van der Waals surface area contributed by atoms with Gasteiger partial charge < -0.3 is 10.2 Å². The number of hydrogen-bond acceptors (Lipinski definition) is 3. The predicted octanol–water partition coefficient (Wildman–Crippen LogP) is 3.62. The van der Waals surface area contributed by atoms with Crippen LogP contribution in [0.25, 0.3) is 5.69 Å². The molecule has 0 unspecified atom stereocenters. The Morgan fingerprint density at radius 3 is 2.59 bits per heavy atom. The van der Waals surface area contributed by atoms with Crippen LogP contribution >= 0.6 is 24.0 Å². The van der Waals surface area contributed by atoms with Gasteiger partial charge in [0.25, 0.3) is 0 Å². The Kier molecular flexibility index (Phi) is 6.73. The Balaban J connectivity index is 0.00000210. The number of aliphatic imine (C=N–C) groups is 1. The third-order valence-corrected chi connectivity index (χ3v) is 5.93. The first-order chi connectivity index (χ1) is 12.8. The van der Waals surface area contributed by atoms with E-state index >= 15 is 0 Å². The van der Waals surface area contributed by atoms with Crippen molar-refractivity contribution in [2.24, 2.45) is 10.4 Å². The van der Waals surface area contributed by atoms with Gasteiger partial charge in [-0.2, -0.15) is 5.10 Å². The summed E-state index contributed by atoms with van der Waals surface area (Å²) in [5.41, 5.74) is 2.81. The number of likely N-dealkylation sites (tertiary alicyclic amines) is 1. The SMILES string of the molecule is CN=C(NCc1ccc(-n2cncn2)cc1)N1CCC2(CCCCC2)C1.I. The second-order valence-electron chi connectivity index (χ2n) is 7.64. The predicted molar refractivity (Wildman–Crippen MR) is 119 cm³/mol. The normalized spacial score (nSPS) is 19.1. The molecule has 0 amide bonds. The van der Waals surface area contributed by atoms with Gasteiger partial charge in [-0.05, 0) is 42.4 Å². The van der Waals surface area contributed by atoms with Crippen LogP contribution in [0, 0.1) is 5.41 Å². The summed E-state index contributed by atoms with van der Waals surface area (Å²) in [7, 11) is 1.89. The van der Waals surface area contributed by atoms with Crippen molar-refractivity contribution in [3.8, 4) is 5.69 Å². The van der Waals surface area contributed by atoms with Gasteiger partial charge >= 0.3 is 0 Å². The minimum Gasteiger partial charge on any atom is -0.352 e. The van der Waals surface area contributed by atoms with Crippen LogP contribution in [0.1, 0.15) is 44.1 Å². The molecule has 2 aliphatic rings. The molecule has 1 saturated carbocycles. The maximum atomic E-state index is 4.53. The standard InChI is InChI=1S/C20H28N6.HI/c1-21-19(25-12-11-20(14-25)9-3-2-4-10-20)23-13-17-5-7-18(8-6-17)26-16-22-15-24-26;/h5-8,15-16H,2-4,9-14H2,1H3,(H,21,23);1H. The summed E-state index contributed by atoms with van der Waals surface area (Å²) < 4.78 is 1.77. The third-order valence-electron chi connectivity index (χ3n) is 5.93. The topological polar surface area (TPSA) is 58.3 Å². The monoisotopic (exact) mass is 480 g/mol. The zero-order chi connectivity index (χ0) is 17.8. The lowest BCUT2D eigenvalue weighted by Gasteiger charge is -2.33. The van der Waals surface area contributed by atoms with Crippen LogP contribution in [0.4, 0.5) is 0 Å². The van der Waals surface area contributed by atoms with Gasteiger partial charge in [0.1, 0.15) is 12.7 Å². The highest BCUT2D eigenvalue weighted by molar-refractivity contribution is 14.0. The van der Waals surface area contributed by atoms with Gasteiger partial charge in [-0.1, -0.05) is 31.4 Å². The number of benzene rings is 1. The Morgan fingerprint density at radius 2 is 1.93 bits per heavy atom. The lowest BCUT2D eigenvalue weighted by Crippen LogP contribution is -2.41. The quantitative estimate of drug-likeness (QED) is 0.414. The highest BCUT2D eigenvalue weighted by Gasteiger charge is 2.39. The molecule has 2 heterocycles. The molecule has 146 valence electrons. The number of guanidine groups is 1. The van der Waals surface area contributed by atoms with E-state index in [0.29, 0.717) is 5.41 Å². The highest BCUT2D eigenvalue weighted by atomic mass is 127. The Bertz CT molecular complexity index is 734. The fraction of sp³-hybridized carbons (Fsp3) is 0.550. The van der Waals surface area contributed by atoms with E-state index in [1.807, 2.05) is 7.05 Å². The van der Waals surface area contributed by atoms with Crippen molar-refractivity contribution in [1.29, 1.82) is 0 Å².